The summed E-state index contributed by atoms with van der Waals surface area (Å²) in [5, 5.41) is 14.0. The van der Waals surface area contributed by atoms with Gasteiger partial charge in [0.15, 0.2) is 0 Å². The second-order valence-corrected chi connectivity index (χ2v) is 8.83. The summed E-state index contributed by atoms with van der Waals surface area (Å²) in [4.78, 5) is 8.68. The van der Waals surface area contributed by atoms with Crippen molar-refractivity contribution in [3.05, 3.63) is 73.2 Å². The Balaban J connectivity index is 1.66. The summed E-state index contributed by atoms with van der Waals surface area (Å²) in [5.74, 6) is 0.654. The first-order valence-electron chi connectivity index (χ1n) is 10.3. The first-order chi connectivity index (χ1) is 14.8. The number of hydrogen-bond acceptors (Lipinski definition) is 4. The van der Waals surface area contributed by atoms with E-state index >= 15 is 0 Å². The van der Waals surface area contributed by atoms with Crippen LogP contribution in [0.1, 0.15) is 20.8 Å². The summed E-state index contributed by atoms with van der Waals surface area (Å²) >= 11 is 0. The molecule has 31 heavy (non-hydrogen) atoms. The number of benzene rings is 3. The van der Waals surface area contributed by atoms with Gasteiger partial charge in [-0.3, -0.25) is 0 Å². The number of phenolic OH excluding ortho intramolecular Hbond substituents is 1. The van der Waals surface area contributed by atoms with E-state index < -0.39 is 0 Å². The normalized spacial score (nSPS) is 12.0. The van der Waals surface area contributed by atoms with E-state index in [1.165, 1.54) is 11.7 Å². The predicted molar refractivity (Wildman–Crippen MR) is 127 cm³/mol. The molecule has 3 N–H and O–H groups in total. The highest BCUT2D eigenvalue weighted by Crippen LogP contribution is 2.39. The molecule has 5 aromatic rings. The van der Waals surface area contributed by atoms with Crippen molar-refractivity contribution in [1.29, 1.82) is 0 Å². The van der Waals surface area contributed by atoms with Crippen molar-refractivity contribution < 1.29 is 5.11 Å². The van der Waals surface area contributed by atoms with Crippen LogP contribution in [0.5, 0.6) is 5.75 Å². The van der Waals surface area contributed by atoms with Gasteiger partial charge in [0.1, 0.15) is 23.5 Å². The molecule has 0 aliphatic carbocycles. The Hall–Kier alpha value is -3.86. The van der Waals surface area contributed by atoms with Gasteiger partial charge in [0.05, 0.1) is 5.39 Å². The monoisotopic (exact) mass is 408 g/mol. The van der Waals surface area contributed by atoms with Crippen LogP contribution in [0, 0.1) is 0 Å². The molecule has 0 fully saturated rings. The molecule has 5 heteroatoms. The summed E-state index contributed by atoms with van der Waals surface area (Å²) in [5.41, 5.74) is 10.4. The maximum Gasteiger partial charge on any atom is 0.146 e. The Morgan fingerprint density at radius 1 is 0.839 bits per heavy atom. The lowest BCUT2D eigenvalue weighted by atomic mass is 9.97. The van der Waals surface area contributed by atoms with Crippen LogP contribution in [0.15, 0.2) is 73.2 Å². The average molecular weight is 409 g/mol. The highest BCUT2D eigenvalue weighted by atomic mass is 16.3. The fourth-order valence-electron chi connectivity index (χ4n) is 4.12. The molecule has 0 bridgehead atoms. The summed E-state index contributed by atoms with van der Waals surface area (Å²) in [6.45, 7) is 6.36. The number of anilines is 1. The van der Waals surface area contributed by atoms with E-state index in [1.807, 2.05) is 36.5 Å². The first-order valence-corrected chi connectivity index (χ1v) is 10.3. The van der Waals surface area contributed by atoms with Crippen LogP contribution in [0.2, 0.25) is 0 Å². The SMILES string of the molecule is CC(C)(C)n1cc(-c2ccc(-c3ccc4ccccc4c3)c(O)c2)c2c(N)ncnc21. The number of aromatic nitrogens is 3. The minimum Gasteiger partial charge on any atom is -0.507 e. The van der Waals surface area contributed by atoms with Crippen LogP contribution in [0.3, 0.4) is 0 Å². The summed E-state index contributed by atoms with van der Waals surface area (Å²) in [6.07, 6.45) is 3.53. The Morgan fingerprint density at radius 3 is 2.29 bits per heavy atom. The van der Waals surface area contributed by atoms with Crippen LogP contribution >= 0.6 is 0 Å². The Kier molecular flexibility index (Phi) is 4.22. The van der Waals surface area contributed by atoms with E-state index in [1.54, 1.807) is 6.07 Å². The highest BCUT2D eigenvalue weighted by Gasteiger charge is 2.22. The van der Waals surface area contributed by atoms with Gasteiger partial charge < -0.3 is 15.4 Å². The fraction of sp³-hybridized carbons (Fsp3) is 0.154. The van der Waals surface area contributed by atoms with E-state index in [9.17, 15) is 5.11 Å². The van der Waals surface area contributed by atoms with Crippen LogP contribution in [-0.4, -0.2) is 19.6 Å². The third-order valence-corrected chi connectivity index (χ3v) is 5.70. The molecule has 5 nitrogen and oxygen atoms in total. The standard InChI is InChI=1S/C26H24N4O/c1-26(2,3)30-14-21(23-24(27)28-15-29-25(23)30)19-10-11-20(22(31)13-19)18-9-8-16-6-4-5-7-17(16)12-18/h4-15,31H,1-3H3,(H2,27,28,29). The Bertz CT molecular complexity index is 1440. The third kappa shape index (κ3) is 3.19. The number of nitrogen functional groups attached to an aromatic ring is 1. The molecule has 154 valence electrons. The largest absolute Gasteiger partial charge is 0.507 e. The zero-order valence-electron chi connectivity index (χ0n) is 17.8. The second-order valence-electron chi connectivity index (χ2n) is 8.83. The lowest BCUT2D eigenvalue weighted by Crippen LogP contribution is -2.21. The highest BCUT2D eigenvalue weighted by molar-refractivity contribution is 6.01. The van der Waals surface area contributed by atoms with Crippen molar-refractivity contribution in [2.24, 2.45) is 0 Å². The fourth-order valence-corrected chi connectivity index (χ4v) is 4.12. The predicted octanol–water partition coefficient (Wildman–Crippen LogP) is 5.96. The van der Waals surface area contributed by atoms with Crippen molar-refractivity contribution >= 4 is 27.6 Å². The number of rotatable bonds is 2. The summed E-state index contributed by atoms with van der Waals surface area (Å²) in [7, 11) is 0. The van der Waals surface area contributed by atoms with Crippen LogP contribution in [0.25, 0.3) is 44.1 Å². The zero-order chi connectivity index (χ0) is 21.8. The molecule has 0 unspecified atom stereocenters. The van der Waals surface area contributed by atoms with E-state index in [0.29, 0.717) is 5.82 Å². The second kappa shape index (κ2) is 6.84. The van der Waals surface area contributed by atoms with Crippen molar-refractivity contribution in [1.82, 2.24) is 14.5 Å². The maximum atomic E-state index is 10.9. The Morgan fingerprint density at radius 2 is 1.55 bits per heavy atom. The maximum absolute atomic E-state index is 10.9. The van der Waals surface area contributed by atoms with Gasteiger partial charge in [-0.1, -0.05) is 48.5 Å². The molecule has 0 radical (unpaired) electrons. The average Bonchev–Trinajstić information content (AvgIpc) is 3.15. The van der Waals surface area contributed by atoms with E-state index in [2.05, 4.69) is 59.6 Å². The quantitative estimate of drug-likeness (QED) is 0.378. The summed E-state index contributed by atoms with van der Waals surface area (Å²) in [6, 6.07) is 20.2. The molecule has 0 amide bonds. The molecule has 0 saturated heterocycles. The molecule has 0 aliphatic rings. The lowest BCUT2D eigenvalue weighted by Gasteiger charge is -2.21. The topological polar surface area (TPSA) is 77.0 Å². The number of phenols is 1. The first kappa shape index (κ1) is 19.1. The number of fused-ring (bicyclic) bond motifs is 2. The van der Waals surface area contributed by atoms with Gasteiger partial charge in [-0.2, -0.15) is 0 Å². The molecule has 0 atom stereocenters. The number of nitrogens with zero attached hydrogens (tertiary/aromatic N) is 3. The van der Waals surface area contributed by atoms with Crippen molar-refractivity contribution in [2.45, 2.75) is 26.3 Å². The van der Waals surface area contributed by atoms with E-state index in [0.717, 1.165) is 38.7 Å². The molecule has 5 rings (SSSR count). The van der Waals surface area contributed by atoms with Crippen molar-refractivity contribution in [2.75, 3.05) is 5.73 Å². The van der Waals surface area contributed by atoms with Gasteiger partial charge in [0.2, 0.25) is 0 Å². The minimum absolute atomic E-state index is 0.176. The van der Waals surface area contributed by atoms with Gasteiger partial charge in [-0.15, -0.1) is 0 Å². The molecule has 2 heterocycles. The number of hydrogen-bond donors (Lipinski definition) is 2. The van der Waals surface area contributed by atoms with Crippen LogP contribution in [-0.2, 0) is 5.54 Å². The minimum atomic E-state index is -0.176. The zero-order valence-corrected chi connectivity index (χ0v) is 17.8. The van der Waals surface area contributed by atoms with Gasteiger partial charge in [0, 0.05) is 22.9 Å². The molecule has 2 aromatic heterocycles. The smallest absolute Gasteiger partial charge is 0.146 e. The molecule has 0 aliphatic heterocycles. The number of nitrogens with two attached hydrogens (primary N) is 1. The molecule has 0 saturated carbocycles. The molecular weight excluding hydrogens is 384 g/mol. The molecule has 0 spiro atoms. The van der Waals surface area contributed by atoms with Gasteiger partial charge in [0.25, 0.3) is 0 Å². The van der Waals surface area contributed by atoms with E-state index in [4.69, 9.17) is 5.73 Å². The third-order valence-electron chi connectivity index (χ3n) is 5.70. The van der Waals surface area contributed by atoms with E-state index in [-0.39, 0.29) is 11.3 Å². The van der Waals surface area contributed by atoms with Gasteiger partial charge in [-0.25, -0.2) is 9.97 Å². The van der Waals surface area contributed by atoms with Crippen molar-refractivity contribution in [3.63, 3.8) is 0 Å². The van der Waals surface area contributed by atoms with Gasteiger partial charge in [-0.05, 0) is 54.8 Å². The lowest BCUT2D eigenvalue weighted by molar-refractivity contribution is 0.408. The summed E-state index contributed by atoms with van der Waals surface area (Å²) < 4.78 is 2.10. The van der Waals surface area contributed by atoms with Crippen LogP contribution < -0.4 is 5.73 Å². The van der Waals surface area contributed by atoms with Crippen molar-refractivity contribution in [3.8, 4) is 28.0 Å². The van der Waals surface area contributed by atoms with Crippen LogP contribution in [0.4, 0.5) is 5.82 Å². The Labute approximate surface area is 180 Å². The number of aromatic hydroxyl groups is 1. The molecule has 3 aromatic carbocycles. The molecular formula is C26H24N4O. The van der Waals surface area contributed by atoms with Gasteiger partial charge >= 0.3 is 0 Å².